The number of aromatic nitrogens is 2. The second kappa shape index (κ2) is 6.99. The summed E-state index contributed by atoms with van der Waals surface area (Å²) in [6.07, 6.45) is 2.82. The van der Waals surface area contributed by atoms with Crippen LogP contribution >= 0.6 is 11.8 Å². The molecular formula is C14H17N3OS. The number of nitrogens with one attached hydrogen (secondary N) is 1. The van der Waals surface area contributed by atoms with Crippen molar-refractivity contribution in [1.82, 2.24) is 9.97 Å². The lowest BCUT2D eigenvalue weighted by Gasteiger charge is -2.08. The molecule has 0 spiro atoms. The van der Waals surface area contributed by atoms with Gasteiger partial charge in [-0.25, -0.2) is 9.97 Å². The molecule has 0 aliphatic heterocycles. The molecule has 0 saturated carbocycles. The summed E-state index contributed by atoms with van der Waals surface area (Å²) >= 11 is 1.57. The van der Waals surface area contributed by atoms with Crippen LogP contribution < -0.4 is 10.1 Å². The maximum absolute atomic E-state index is 5.33. The minimum atomic E-state index is 0.668. The standard InChI is InChI=1S/C14H17N3OS/c1-3-9-15-14-16-10-8-13(17-14)19-12-7-5-4-6-11(12)18-2/h4-8,10H,3,9H2,1-2H3,(H,15,16,17). The Kier molecular flexibility index (Phi) is 5.03. The first-order valence-electron chi connectivity index (χ1n) is 6.21. The number of methoxy groups -OCH3 is 1. The first-order chi connectivity index (χ1) is 9.33. The molecule has 1 aromatic heterocycles. The number of hydrogen-bond donors (Lipinski definition) is 1. The van der Waals surface area contributed by atoms with Crippen molar-refractivity contribution >= 4 is 17.7 Å². The fourth-order valence-corrected chi connectivity index (χ4v) is 2.42. The largest absolute Gasteiger partial charge is 0.496 e. The van der Waals surface area contributed by atoms with Gasteiger partial charge in [0.05, 0.1) is 12.0 Å². The summed E-state index contributed by atoms with van der Waals surface area (Å²) in [7, 11) is 1.67. The van der Waals surface area contributed by atoms with E-state index in [9.17, 15) is 0 Å². The topological polar surface area (TPSA) is 47.0 Å². The molecule has 0 aliphatic carbocycles. The lowest BCUT2D eigenvalue weighted by molar-refractivity contribution is 0.405. The van der Waals surface area contributed by atoms with Gasteiger partial charge in [-0.05, 0) is 24.6 Å². The predicted octanol–water partition coefficient (Wildman–Crippen LogP) is 3.46. The van der Waals surface area contributed by atoms with Crippen molar-refractivity contribution in [3.8, 4) is 5.75 Å². The number of nitrogens with zero attached hydrogens (tertiary/aromatic N) is 2. The Morgan fingerprint density at radius 1 is 1.26 bits per heavy atom. The van der Waals surface area contributed by atoms with Gasteiger partial charge in [0, 0.05) is 12.7 Å². The summed E-state index contributed by atoms with van der Waals surface area (Å²) < 4.78 is 5.33. The molecule has 0 radical (unpaired) electrons. The second-order valence-electron chi connectivity index (χ2n) is 3.90. The quantitative estimate of drug-likeness (QED) is 0.818. The first-order valence-corrected chi connectivity index (χ1v) is 7.03. The van der Waals surface area contributed by atoms with E-state index >= 15 is 0 Å². The zero-order valence-corrected chi connectivity index (χ0v) is 11.9. The molecule has 0 unspecified atom stereocenters. The molecule has 0 bridgehead atoms. The number of benzene rings is 1. The molecule has 4 nitrogen and oxygen atoms in total. The van der Waals surface area contributed by atoms with Crippen molar-refractivity contribution in [1.29, 1.82) is 0 Å². The monoisotopic (exact) mass is 275 g/mol. The van der Waals surface area contributed by atoms with E-state index in [1.165, 1.54) is 0 Å². The average Bonchev–Trinajstić information content (AvgIpc) is 2.46. The van der Waals surface area contributed by atoms with Gasteiger partial charge in [-0.1, -0.05) is 30.8 Å². The SMILES string of the molecule is CCCNc1nccc(Sc2ccccc2OC)n1. The number of anilines is 1. The summed E-state index contributed by atoms with van der Waals surface area (Å²) in [5.74, 6) is 1.52. The molecule has 0 aliphatic rings. The summed E-state index contributed by atoms with van der Waals surface area (Å²) in [4.78, 5) is 9.71. The summed E-state index contributed by atoms with van der Waals surface area (Å²) in [5.41, 5.74) is 0. The van der Waals surface area contributed by atoms with Crippen molar-refractivity contribution in [3.63, 3.8) is 0 Å². The summed E-state index contributed by atoms with van der Waals surface area (Å²) in [5, 5.41) is 4.08. The third kappa shape index (κ3) is 3.86. The van der Waals surface area contributed by atoms with Crippen LogP contribution in [0.2, 0.25) is 0 Å². The van der Waals surface area contributed by atoms with Gasteiger partial charge in [0.15, 0.2) is 0 Å². The van der Waals surface area contributed by atoms with Crippen LogP contribution in [0.5, 0.6) is 5.75 Å². The Morgan fingerprint density at radius 3 is 2.89 bits per heavy atom. The lowest BCUT2D eigenvalue weighted by atomic mass is 10.3. The first kappa shape index (κ1) is 13.7. The Balaban J connectivity index is 2.14. The fourth-order valence-electron chi connectivity index (χ4n) is 1.54. The Bertz CT molecular complexity index is 534. The number of hydrogen-bond acceptors (Lipinski definition) is 5. The normalized spacial score (nSPS) is 10.2. The van der Waals surface area contributed by atoms with Crippen molar-refractivity contribution in [2.24, 2.45) is 0 Å². The van der Waals surface area contributed by atoms with Crippen LogP contribution in [0.4, 0.5) is 5.95 Å². The highest BCUT2D eigenvalue weighted by atomic mass is 32.2. The third-order valence-electron chi connectivity index (χ3n) is 2.45. The molecule has 2 aromatic rings. The molecule has 19 heavy (non-hydrogen) atoms. The highest BCUT2D eigenvalue weighted by Gasteiger charge is 2.06. The molecule has 100 valence electrons. The fraction of sp³-hybridized carbons (Fsp3) is 0.286. The van der Waals surface area contributed by atoms with Gasteiger partial charge < -0.3 is 10.1 Å². The maximum atomic E-state index is 5.33. The molecule has 5 heteroatoms. The molecule has 1 aromatic carbocycles. The second-order valence-corrected chi connectivity index (χ2v) is 4.96. The lowest BCUT2D eigenvalue weighted by Crippen LogP contribution is -2.04. The van der Waals surface area contributed by atoms with Gasteiger partial charge >= 0.3 is 0 Å². The molecule has 0 amide bonds. The molecule has 0 atom stereocenters. The van der Waals surface area contributed by atoms with Gasteiger partial charge in [0.25, 0.3) is 0 Å². The van der Waals surface area contributed by atoms with Crippen molar-refractivity contribution < 1.29 is 4.74 Å². The Hall–Kier alpha value is -1.75. The van der Waals surface area contributed by atoms with Crippen LogP contribution in [0, 0.1) is 0 Å². The maximum Gasteiger partial charge on any atom is 0.223 e. The number of para-hydroxylation sites is 1. The molecule has 0 saturated heterocycles. The van der Waals surface area contributed by atoms with Gasteiger partial charge in [0.1, 0.15) is 10.8 Å². The van der Waals surface area contributed by atoms with Crippen LogP contribution in [-0.4, -0.2) is 23.6 Å². The summed E-state index contributed by atoms with van der Waals surface area (Å²) in [6.45, 7) is 2.99. The van der Waals surface area contributed by atoms with Crippen molar-refractivity contribution in [2.75, 3.05) is 19.0 Å². The van der Waals surface area contributed by atoms with E-state index in [0.717, 1.165) is 28.6 Å². The van der Waals surface area contributed by atoms with E-state index in [1.54, 1.807) is 25.1 Å². The minimum Gasteiger partial charge on any atom is -0.496 e. The smallest absolute Gasteiger partial charge is 0.223 e. The third-order valence-corrected chi connectivity index (χ3v) is 3.44. The van der Waals surface area contributed by atoms with Crippen LogP contribution in [0.15, 0.2) is 46.5 Å². The van der Waals surface area contributed by atoms with E-state index in [4.69, 9.17) is 4.74 Å². The number of rotatable bonds is 6. The highest BCUT2D eigenvalue weighted by molar-refractivity contribution is 7.99. The molecule has 2 rings (SSSR count). The molecular weight excluding hydrogens is 258 g/mol. The van der Waals surface area contributed by atoms with Crippen LogP contribution in [0.25, 0.3) is 0 Å². The van der Waals surface area contributed by atoms with E-state index in [1.807, 2.05) is 30.3 Å². The van der Waals surface area contributed by atoms with Gasteiger partial charge in [-0.2, -0.15) is 0 Å². The van der Waals surface area contributed by atoms with Crippen LogP contribution in [0.1, 0.15) is 13.3 Å². The Labute approximate surface area is 117 Å². The van der Waals surface area contributed by atoms with Gasteiger partial charge in [0.2, 0.25) is 5.95 Å². The van der Waals surface area contributed by atoms with E-state index < -0.39 is 0 Å². The van der Waals surface area contributed by atoms with Crippen LogP contribution in [0.3, 0.4) is 0 Å². The zero-order chi connectivity index (χ0) is 13.5. The van der Waals surface area contributed by atoms with E-state index in [2.05, 4.69) is 22.2 Å². The predicted molar refractivity (Wildman–Crippen MR) is 77.9 cm³/mol. The Morgan fingerprint density at radius 2 is 2.11 bits per heavy atom. The van der Waals surface area contributed by atoms with Crippen LogP contribution in [-0.2, 0) is 0 Å². The van der Waals surface area contributed by atoms with Crippen molar-refractivity contribution in [3.05, 3.63) is 36.5 Å². The summed E-state index contributed by atoms with van der Waals surface area (Å²) in [6, 6.07) is 9.80. The zero-order valence-electron chi connectivity index (χ0n) is 11.1. The van der Waals surface area contributed by atoms with Crippen molar-refractivity contribution in [2.45, 2.75) is 23.3 Å². The van der Waals surface area contributed by atoms with E-state index in [-0.39, 0.29) is 0 Å². The number of ether oxygens (including phenoxy) is 1. The molecule has 0 fully saturated rings. The highest BCUT2D eigenvalue weighted by Crippen LogP contribution is 2.33. The van der Waals surface area contributed by atoms with Gasteiger partial charge in [-0.3, -0.25) is 0 Å². The van der Waals surface area contributed by atoms with E-state index in [0.29, 0.717) is 5.95 Å². The molecule has 1 heterocycles. The average molecular weight is 275 g/mol. The molecule has 1 N–H and O–H groups in total. The van der Waals surface area contributed by atoms with Gasteiger partial charge in [-0.15, -0.1) is 0 Å². The minimum absolute atomic E-state index is 0.668.